The molecule has 2 N–H and O–H groups in total. The van der Waals surface area contributed by atoms with Crippen LogP contribution in [-0.2, 0) is 0 Å². The van der Waals surface area contributed by atoms with E-state index in [2.05, 4.69) is 4.98 Å². The lowest BCUT2D eigenvalue weighted by atomic mass is 10.3. The summed E-state index contributed by atoms with van der Waals surface area (Å²) in [6.45, 7) is 0.610. The molecule has 1 heterocycles. The van der Waals surface area contributed by atoms with E-state index in [1.54, 1.807) is 18.0 Å². The minimum atomic E-state index is 0.610. The van der Waals surface area contributed by atoms with Crippen LogP contribution in [0.5, 0.6) is 5.75 Å². The second kappa shape index (κ2) is 6.52. The highest BCUT2D eigenvalue weighted by atomic mass is 35.5. The van der Waals surface area contributed by atoms with Gasteiger partial charge in [-0.3, -0.25) is 0 Å². The zero-order valence-electron chi connectivity index (χ0n) is 9.67. The summed E-state index contributed by atoms with van der Waals surface area (Å²) < 4.78 is 5.58. The molecule has 0 unspecified atom stereocenters. The zero-order chi connectivity index (χ0) is 12.8. The Morgan fingerprint density at radius 3 is 2.89 bits per heavy atom. The van der Waals surface area contributed by atoms with Crippen molar-refractivity contribution in [1.29, 1.82) is 0 Å². The summed E-state index contributed by atoms with van der Waals surface area (Å²) in [5.41, 5.74) is 6.37. The largest absolute Gasteiger partial charge is 0.493 e. The molecule has 0 aliphatic carbocycles. The highest BCUT2D eigenvalue weighted by molar-refractivity contribution is 7.99. The van der Waals surface area contributed by atoms with Crippen LogP contribution in [-0.4, -0.2) is 17.3 Å². The highest BCUT2D eigenvalue weighted by Gasteiger charge is 1.97. The number of nitrogen functional groups attached to an aromatic ring is 1. The van der Waals surface area contributed by atoms with Gasteiger partial charge in [-0.05, 0) is 24.3 Å². The lowest BCUT2D eigenvalue weighted by Crippen LogP contribution is -2.00. The molecular weight excluding hydrogens is 268 g/mol. The number of benzene rings is 1. The molecule has 1 aromatic heterocycles. The highest BCUT2D eigenvalue weighted by Crippen LogP contribution is 2.18. The lowest BCUT2D eigenvalue weighted by Gasteiger charge is -2.06. The zero-order valence-corrected chi connectivity index (χ0v) is 11.2. The molecule has 2 aromatic rings. The molecule has 0 amide bonds. The first-order valence-electron chi connectivity index (χ1n) is 5.47. The maximum atomic E-state index is 5.76. The number of pyridine rings is 1. The Morgan fingerprint density at radius 1 is 1.28 bits per heavy atom. The van der Waals surface area contributed by atoms with Crippen LogP contribution in [0, 0.1) is 0 Å². The van der Waals surface area contributed by atoms with Crippen LogP contribution in [0.3, 0.4) is 0 Å². The van der Waals surface area contributed by atoms with E-state index in [0.717, 1.165) is 16.5 Å². The molecule has 0 aliphatic heterocycles. The molecule has 18 heavy (non-hydrogen) atoms. The first kappa shape index (κ1) is 13.1. The molecule has 94 valence electrons. The van der Waals surface area contributed by atoms with Crippen molar-refractivity contribution in [3.63, 3.8) is 0 Å². The third-order valence-electron chi connectivity index (χ3n) is 2.16. The van der Waals surface area contributed by atoms with E-state index >= 15 is 0 Å². The number of ether oxygens (including phenoxy) is 1. The third kappa shape index (κ3) is 4.13. The van der Waals surface area contributed by atoms with Crippen LogP contribution < -0.4 is 10.5 Å². The van der Waals surface area contributed by atoms with E-state index < -0.39 is 0 Å². The fraction of sp³-hybridized carbons (Fsp3) is 0.154. The maximum absolute atomic E-state index is 5.76. The van der Waals surface area contributed by atoms with Crippen LogP contribution >= 0.6 is 23.4 Å². The van der Waals surface area contributed by atoms with Gasteiger partial charge in [-0.2, -0.15) is 0 Å². The molecule has 0 spiro atoms. The van der Waals surface area contributed by atoms with Crippen molar-refractivity contribution in [2.24, 2.45) is 0 Å². The number of rotatable bonds is 5. The topological polar surface area (TPSA) is 48.1 Å². The number of aromatic nitrogens is 1. The molecule has 0 saturated heterocycles. The number of halogens is 1. The Hall–Kier alpha value is -1.39. The average molecular weight is 281 g/mol. The summed E-state index contributed by atoms with van der Waals surface area (Å²) in [7, 11) is 0. The molecule has 3 nitrogen and oxygen atoms in total. The van der Waals surface area contributed by atoms with Crippen molar-refractivity contribution in [2.45, 2.75) is 5.03 Å². The molecular formula is C13H13ClN2OS. The molecule has 0 atom stereocenters. The molecule has 0 radical (unpaired) electrons. The quantitative estimate of drug-likeness (QED) is 0.517. The smallest absolute Gasteiger partial charge is 0.121 e. The summed E-state index contributed by atoms with van der Waals surface area (Å²) in [5, 5.41) is 1.59. The average Bonchev–Trinajstić information content (AvgIpc) is 2.37. The van der Waals surface area contributed by atoms with Gasteiger partial charge in [0.05, 0.1) is 16.7 Å². The van der Waals surface area contributed by atoms with Gasteiger partial charge in [0.15, 0.2) is 0 Å². The van der Waals surface area contributed by atoms with Crippen molar-refractivity contribution >= 4 is 29.1 Å². The number of anilines is 1. The first-order valence-corrected chi connectivity index (χ1v) is 6.83. The second-order valence-electron chi connectivity index (χ2n) is 3.58. The normalized spacial score (nSPS) is 10.3. The van der Waals surface area contributed by atoms with Crippen LogP contribution in [0.2, 0.25) is 5.02 Å². The summed E-state index contributed by atoms with van der Waals surface area (Å²) in [6, 6.07) is 11.1. The van der Waals surface area contributed by atoms with Crippen molar-refractivity contribution in [1.82, 2.24) is 4.98 Å². The maximum Gasteiger partial charge on any atom is 0.121 e. The van der Waals surface area contributed by atoms with Crippen LogP contribution in [0.25, 0.3) is 0 Å². The van der Waals surface area contributed by atoms with Gasteiger partial charge in [-0.1, -0.05) is 17.7 Å². The van der Waals surface area contributed by atoms with Gasteiger partial charge >= 0.3 is 0 Å². The standard InChI is InChI=1S/C13H13ClN2OS/c14-10-4-5-13(16-9-10)18-7-6-17-12-3-1-2-11(15)8-12/h1-5,8-9H,6-7,15H2. The van der Waals surface area contributed by atoms with E-state index in [-0.39, 0.29) is 0 Å². The summed E-state index contributed by atoms with van der Waals surface area (Å²) in [5.74, 6) is 1.61. The fourth-order valence-electron chi connectivity index (χ4n) is 1.36. The Balaban J connectivity index is 1.74. The van der Waals surface area contributed by atoms with Gasteiger partial charge in [-0.25, -0.2) is 4.98 Å². The number of hydrogen-bond acceptors (Lipinski definition) is 4. The first-order chi connectivity index (χ1) is 8.74. The second-order valence-corrected chi connectivity index (χ2v) is 5.14. The Labute approximate surface area is 115 Å². The number of nitrogens with two attached hydrogens (primary N) is 1. The van der Waals surface area contributed by atoms with Crippen molar-refractivity contribution < 1.29 is 4.74 Å². The van der Waals surface area contributed by atoms with E-state index in [1.165, 1.54) is 0 Å². The monoisotopic (exact) mass is 280 g/mol. The fourth-order valence-corrected chi connectivity index (χ4v) is 2.14. The number of hydrogen-bond donors (Lipinski definition) is 1. The molecule has 0 fully saturated rings. The molecule has 0 aliphatic rings. The van der Waals surface area contributed by atoms with E-state index in [1.807, 2.05) is 36.4 Å². The van der Waals surface area contributed by atoms with Gasteiger partial charge in [0.25, 0.3) is 0 Å². The molecule has 5 heteroatoms. The van der Waals surface area contributed by atoms with E-state index in [9.17, 15) is 0 Å². The Morgan fingerprint density at radius 2 is 2.17 bits per heavy atom. The van der Waals surface area contributed by atoms with Crippen LogP contribution in [0.4, 0.5) is 5.69 Å². The van der Waals surface area contributed by atoms with Gasteiger partial charge in [0, 0.05) is 23.7 Å². The van der Waals surface area contributed by atoms with E-state index in [0.29, 0.717) is 17.3 Å². The lowest BCUT2D eigenvalue weighted by molar-refractivity contribution is 0.344. The minimum Gasteiger partial charge on any atom is -0.493 e. The summed E-state index contributed by atoms with van der Waals surface area (Å²) >= 11 is 7.39. The summed E-state index contributed by atoms with van der Waals surface area (Å²) in [4.78, 5) is 4.19. The van der Waals surface area contributed by atoms with Crippen molar-refractivity contribution in [3.8, 4) is 5.75 Å². The van der Waals surface area contributed by atoms with Gasteiger partial charge in [0.2, 0.25) is 0 Å². The minimum absolute atomic E-state index is 0.610. The van der Waals surface area contributed by atoms with E-state index in [4.69, 9.17) is 22.1 Å². The van der Waals surface area contributed by atoms with Gasteiger partial charge in [-0.15, -0.1) is 11.8 Å². The van der Waals surface area contributed by atoms with Gasteiger partial charge < -0.3 is 10.5 Å². The van der Waals surface area contributed by atoms with Crippen molar-refractivity contribution in [2.75, 3.05) is 18.1 Å². The number of thioether (sulfide) groups is 1. The van der Waals surface area contributed by atoms with Crippen molar-refractivity contribution in [3.05, 3.63) is 47.6 Å². The number of nitrogens with zero attached hydrogens (tertiary/aromatic N) is 1. The van der Waals surface area contributed by atoms with Crippen LogP contribution in [0.1, 0.15) is 0 Å². The molecule has 1 aromatic carbocycles. The molecule has 0 bridgehead atoms. The Kier molecular flexibility index (Phi) is 4.73. The SMILES string of the molecule is Nc1cccc(OCCSc2ccc(Cl)cn2)c1. The predicted molar refractivity (Wildman–Crippen MR) is 76.3 cm³/mol. The van der Waals surface area contributed by atoms with Crippen LogP contribution in [0.15, 0.2) is 47.6 Å². The van der Waals surface area contributed by atoms with Gasteiger partial charge in [0.1, 0.15) is 5.75 Å². The predicted octanol–water partition coefficient (Wildman–Crippen LogP) is 3.49. The Bertz CT molecular complexity index is 505. The summed E-state index contributed by atoms with van der Waals surface area (Å²) in [6.07, 6.45) is 1.64. The molecule has 0 saturated carbocycles. The third-order valence-corrected chi connectivity index (χ3v) is 3.29. The molecule has 2 rings (SSSR count).